The number of halogens is 1. The lowest BCUT2D eigenvalue weighted by atomic mass is 10.1. The fraction of sp³-hybridized carbons (Fsp3) is 0. The van der Waals surface area contributed by atoms with Gasteiger partial charge in [-0.2, -0.15) is 0 Å². The van der Waals surface area contributed by atoms with Crippen molar-refractivity contribution in [3.05, 3.63) is 57.1 Å². The van der Waals surface area contributed by atoms with Crippen molar-refractivity contribution in [2.75, 3.05) is 5.73 Å². The van der Waals surface area contributed by atoms with Crippen LogP contribution >= 0.6 is 0 Å². The van der Waals surface area contributed by atoms with Crippen LogP contribution in [0.3, 0.4) is 0 Å². The first kappa shape index (κ1) is 14.4. The number of hydrogen-bond acceptors (Lipinski definition) is 5. The summed E-state index contributed by atoms with van der Waals surface area (Å²) in [6, 6.07) is 4.39. The van der Waals surface area contributed by atoms with E-state index >= 15 is 0 Å². The summed E-state index contributed by atoms with van der Waals surface area (Å²) in [5.74, 6) is -3.97. The van der Waals surface area contributed by atoms with Gasteiger partial charge in [-0.05, 0) is 12.1 Å². The van der Waals surface area contributed by atoms with E-state index in [2.05, 4.69) is 0 Å². The van der Waals surface area contributed by atoms with Gasteiger partial charge in [-0.25, -0.2) is 4.39 Å². The van der Waals surface area contributed by atoms with Gasteiger partial charge >= 0.3 is 0 Å². The molecule has 0 atom stereocenters. The minimum Gasteiger partial charge on any atom is -0.384 e. The first-order valence-electron chi connectivity index (χ1n) is 6.33. The maximum absolute atomic E-state index is 13.9. The molecule has 9 heteroatoms. The molecule has 8 nitrogen and oxygen atoms in total. The van der Waals surface area contributed by atoms with Crippen LogP contribution in [0.2, 0.25) is 0 Å². The number of carbonyl (C=O) groups is 3. The summed E-state index contributed by atoms with van der Waals surface area (Å²) in [4.78, 5) is 47.1. The molecule has 3 rings (SSSR count). The van der Waals surface area contributed by atoms with E-state index in [4.69, 9.17) is 11.5 Å². The summed E-state index contributed by atoms with van der Waals surface area (Å²) < 4.78 is 14.6. The Morgan fingerprint density at radius 3 is 2.52 bits per heavy atom. The monoisotopic (exact) mass is 316 g/mol. The molecular formula is C14H9FN4O4. The summed E-state index contributed by atoms with van der Waals surface area (Å²) >= 11 is 0. The minimum atomic E-state index is -1.11. The van der Waals surface area contributed by atoms with Gasteiger partial charge in [-0.15, -0.1) is 0 Å². The van der Waals surface area contributed by atoms with Crippen LogP contribution in [0, 0.1) is 5.82 Å². The van der Waals surface area contributed by atoms with E-state index in [9.17, 15) is 23.6 Å². The van der Waals surface area contributed by atoms with Gasteiger partial charge in [-0.1, -0.05) is 6.07 Å². The molecule has 0 spiro atoms. The number of nitrogens with one attached hydrogen (secondary N) is 1. The summed E-state index contributed by atoms with van der Waals surface area (Å²) in [7, 11) is 0. The molecule has 1 aromatic carbocycles. The first-order chi connectivity index (χ1) is 10.8. The number of anilines is 1. The largest absolute Gasteiger partial charge is 0.384 e. The average Bonchev–Trinajstić information content (AvgIpc) is 2.73. The number of amides is 3. The molecule has 3 amide bonds. The number of nitrogens with zero attached hydrogens (tertiary/aromatic N) is 1. The van der Waals surface area contributed by atoms with Crippen LogP contribution in [-0.4, -0.2) is 22.3 Å². The van der Waals surface area contributed by atoms with Gasteiger partial charge in [0.1, 0.15) is 11.6 Å². The number of aromatic nitrogens is 1. The number of nitrogen functional groups attached to an aromatic ring is 1. The Bertz CT molecular complexity index is 964. The van der Waals surface area contributed by atoms with Crippen LogP contribution in [0.15, 0.2) is 29.1 Å². The lowest BCUT2D eigenvalue weighted by molar-refractivity contribution is 0.0878. The number of rotatable bonds is 2. The van der Waals surface area contributed by atoms with Crippen molar-refractivity contribution in [3.8, 4) is 5.69 Å². The second-order valence-corrected chi connectivity index (χ2v) is 4.77. The molecule has 0 unspecified atom stereocenters. The molecule has 116 valence electrons. The number of fused-ring (bicyclic) bond motifs is 1. The Labute approximate surface area is 127 Å². The summed E-state index contributed by atoms with van der Waals surface area (Å²) in [6.07, 6.45) is 0. The second-order valence-electron chi connectivity index (χ2n) is 4.77. The maximum Gasteiger partial charge on any atom is 0.262 e. The Morgan fingerprint density at radius 2 is 1.87 bits per heavy atom. The van der Waals surface area contributed by atoms with Crippen LogP contribution < -0.4 is 22.3 Å². The van der Waals surface area contributed by atoms with Gasteiger partial charge in [0.25, 0.3) is 23.3 Å². The van der Waals surface area contributed by atoms with Crippen LogP contribution in [0.1, 0.15) is 31.1 Å². The molecule has 0 fully saturated rings. The highest BCUT2D eigenvalue weighted by atomic mass is 19.1. The number of benzene rings is 1. The van der Waals surface area contributed by atoms with E-state index in [0.29, 0.717) is 0 Å². The Kier molecular flexibility index (Phi) is 2.99. The number of pyridine rings is 1. The van der Waals surface area contributed by atoms with Crippen molar-refractivity contribution in [2.45, 2.75) is 0 Å². The van der Waals surface area contributed by atoms with E-state index in [1.54, 1.807) is 0 Å². The molecule has 1 aliphatic rings. The smallest absolute Gasteiger partial charge is 0.262 e. The first-order valence-corrected chi connectivity index (χ1v) is 6.33. The lowest BCUT2D eigenvalue weighted by Gasteiger charge is -2.14. The third kappa shape index (κ3) is 1.98. The van der Waals surface area contributed by atoms with E-state index in [1.807, 2.05) is 5.32 Å². The number of primary amides is 1. The molecule has 0 radical (unpaired) electrons. The SMILES string of the molecule is NC(=O)c1c(F)cccc1-n1c(N)c2c(cc1=O)C(=O)NC2=O. The van der Waals surface area contributed by atoms with Gasteiger partial charge in [0.2, 0.25) is 0 Å². The predicted molar refractivity (Wildman–Crippen MR) is 76.7 cm³/mol. The van der Waals surface area contributed by atoms with Crippen molar-refractivity contribution < 1.29 is 18.8 Å². The van der Waals surface area contributed by atoms with Gasteiger partial charge in [0, 0.05) is 6.07 Å². The van der Waals surface area contributed by atoms with Gasteiger partial charge in [-0.3, -0.25) is 29.1 Å². The second kappa shape index (κ2) is 4.77. The Morgan fingerprint density at radius 1 is 1.17 bits per heavy atom. The molecular weight excluding hydrogens is 307 g/mol. The highest BCUT2D eigenvalue weighted by Gasteiger charge is 2.32. The highest BCUT2D eigenvalue weighted by molar-refractivity contribution is 6.23. The molecule has 0 saturated heterocycles. The van der Waals surface area contributed by atoms with Crippen molar-refractivity contribution in [1.82, 2.24) is 9.88 Å². The van der Waals surface area contributed by atoms with Crippen LogP contribution in [0.4, 0.5) is 10.2 Å². The number of hydrogen-bond donors (Lipinski definition) is 3. The van der Waals surface area contributed by atoms with Crippen molar-refractivity contribution >= 4 is 23.5 Å². The van der Waals surface area contributed by atoms with Crippen LogP contribution in [0.5, 0.6) is 0 Å². The highest BCUT2D eigenvalue weighted by Crippen LogP contribution is 2.25. The van der Waals surface area contributed by atoms with E-state index in [-0.39, 0.29) is 22.6 Å². The molecule has 0 saturated carbocycles. The fourth-order valence-electron chi connectivity index (χ4n) is 2.47. The summed E-state index contributed by atoms with van der Waals surface area (Å²) in [5.41, 5.74) is 9.00. The third-order valence-corrected chi connectivity index (χ3v) is 3.43. The molecule has 23 heavy (non-hydrogen) atoms. The summed E-state index contributed by atoms with van der Waals surface area (Å²) in [6.45, 7) is 0. The average molecular weight is 316 g/mol. The number of carbonyl (C=O) groups excluding carboxylic acids is 3. The number of imide groups is 1. The lowest BCUT2D eigenvalue weighted by Crippen LogP contribution is -2.27. The van der Waals surface area contributed by atoms with Gasteiger partial charge in [0.15, 0.2) is 0 Å². The van der Waals surface area contributed by atoms with Crippen molar-refractivity contribution in [3.63, 3.8) is 0 Å². The number of nitrogens with two attached hydrogens (primary N) is 2. The fourth-order valence-corrected chi connectivity index (χ4v) is 2.47. The van der Waals surface area contributed by atoms with E-state index in [0.717, 1.165) is 16.7 Å². The standard InChI is InChI=1S/C14H9FN4O4/c15-6-2-1-3-7(10(6)12(17)21)19-8(20)4-5-9(11(19)16)14(23)18-13(5)22/h1-4H,16H2,(H2,17,21)(H,18,22,23). The molecule has 1 aromatic heterocycles. The van der Waals surface area contributed by atoms with Crippen molar-refractivity contribution in [2.24, 2.45) is 5.73 Å². The Balaban J connectivity index is 2.41. The van der Waals surface area contributed by atoms with E-state index in [1.165, 1.54) is 12.1 Å². The quantitative estimate of drug-likeness (QED) is 0.644. The zero-order valence-corrected chi connectivity index (χ0v) is 11.4. The molecule has 0 bridgehead atoms. The molecule has 5 N–H and O–H groups in total. The minimum absolute atomic E-state index is 0.175. The van der Waals surface area contributed by atoms with Crippen LogP contribution in [-0.2, 0) is 0 Å². The van der Waals surface area contributed by atoms with E-state index < -0.39 is 34.7 Å². The van der Waals surface area contributed by atoms with Crippen LogP contribution in [0.25, 0.3) is 5.69 Å². The molecule has 2 aromatic rings. The zero-order valence-electron chi connectivity index (χ0n) is 11.4. The maximum atomic E-state index is 13.9. The van der Waals surface area contributed by atoms with Gasteiger partial charge < -0.3 is 11.5 Å². The predicted octanol–water partition coefficient (Wildman–Crippen LogP) is -0.459. The van der Waals surface area contributed by atoms with Crippen molar-refractivity contribution in [1.29, 1.82) is 0 Å². The Hall–Kier alpha value is -3.49. The van der Waals surface area contributed by atoms with Gasteiger partial charge in [0.05, 0.1) is 22.4 Å². The topological polar surface area (TPSA) is 137 Å². The summed E-state index contributed by atoms with van der Waals surface area (Å²) in [5, 5.41) is 2.00. The molecule has 2 heterocycles. The molecule has 0 aliphatic carbocycles. The third-order valence-electron chi connectivity index (χ3n) is 3.43. The normalized spacial score (nSPS) is 12.9. The zero-order chi connectivity index (χ0) is 16.9. The molecule has 1 aliphatic heterocycles.